The summed E-state index contributed by atoms with van der Waals surface area (Å²) in [6, 6.07) is 5.37. The van der Waals surface area contributed by atoms with E-state index in [0.29, 0.717) is 42.6 Å². The number of hydrogen-bond acceptors (Lipinski definition) is 7. The molecule has 2 heterocycles. The summed E-state index contributed by atoms with van der Waals surface area (Å²) in [5.74, 6) is 2.34. The van der Waals surface area contributed by atoms with Crippen LogP contribution in [0.25, 0.3) is 0 Å². The Hall–Kier alpha value is -2.61. The third-order valence-corrected chi connectivity index (χ3v) is 4.69. The molecular formula is C19H26N4O4. The highest BCUT2D eigenvalue weighted by molar-refractivity contribution is 5.97. The summed E-state index contributed by atoms with van der Waals surface area (Å²) < 4.78 is 16.0. The molecule has 1 aromatic heterocycles. The van der Waals surface area contributed by atoms with Gasteiger partial charge in [0.1, 0.15) is 0 Å². The van der Waals surface area contributed by atoms with Crippen molar-refractivity contribution < 1.29 is 18.8 Å². The smallest absolute Gasteiger partial charge is 0.257 e. The summed E-state index contributed by atoms with van der Waals surface area (Å²) in [6.45, 7) is 5.56. The summed E-state index contributed by atoms with van der Waals surface area (Å²) >= 11 is 0. The van der Waals surface area contributed by atoms with E-state index < -0.39 is 0 Å². The molecule has 1 aliphatic heterocycles. The Morgan fingerprint density at radius 1 is 1.19 bits per heavy atom. The van der Waals surface area contributed by atoms with Gasteiger partial charge in [0.25, 0.3) is 5.91 Å². The van der Waals surface area contributed by atoms with Crippen LogP contribution < -0.4 is 9.47 Å². The molecule has 8 heteroatoms. The van der Waals surface area contributed by atoms with Crippen molar-refractivity contribution in [2.24, 2.45) is 0 Å². The van der Waals surface area contributed by atoms with Crippen LogP contribution in [0.3, 0.4) is 0 Å². The van der Waals surface area contributed by atoms with E-state index in [4.69, 9.17) is 14.0 Å². The second kappa shape index (κ2) is 8.85. The van der Waals surface area contributed by atoms with Crippen molar-refractivity contribution in [2.45, 2.75) is 26.3 Å². The van der Waals surface area contributed by atoms with Gasteiger partial charge in [-0.2, -0.15) is 4.98 Å². The molecule has 0 saturated carbocycles. The number of rotatable bonds is 6. The molecule has 1 amide bonds. The zero-order valence-electron chi connectivity index (χ0n) is 16.1. The molecule has 8 nitrogen and oxygen atoms in total. The molecule has 0 radical (unpaired) electrons. The van der Waals surface area contributed by atoms with Crippen molar-refractivity contribution in [1.82, 2.24) is 19.9 Å². The lowest BCUT2D eigenvalue weighted by atomic mass is 10.1. The van der Waals surface area contributed by atoms with Crippen molar-refractivity contribution >= 4 is 5.91 Å². The average Bonchev–Trinajstić information content (AvgIpc) is 3.03. The van der Waals surface area contributed by atoms with Crippen LogP contribution in [0.5, 0.6) is 11.5 Å². The summed E-state index contributed by atoms with van der Waals surface area (Å²) in [5.41, 5.74) is 0.523. The minimum Gasteiger partial charge on any atom is -0.493 e. The number of nitrogens with zero attached hydrogens (tertiary/aromatic N) is 4. The Labute approximate surface area is 159 Å². The number of methoxy groups -OCH3 is 2. The predicted molar refractivity (Wildman–Crippen MR) is 99.0 cm³/mol. The first kappa shape index (κ1) is 19.2. The lowest BCUT2D eigenvalue weighted by Crippen LogP contribution is -2.35. The van der Waals surface area contributed by atoms with Crippen molar-refractivity contribution in [3.63, 3.8) is 0 Å². The van der Waals surface area contributed by atoms with Gasteiger partial charge in [-0.3, -0.25) is 9.69 Å². The third kappa shape index (κ3) is 4.39. The molecule has 1 fully saturated rings. The van der Waals surface area contributed by atoms with E-state index in [2.05, 4.69) is 15.0 Å². The Morgan fingerprint density at radius 2 is 2.04 bits per heavy atom. The topological polar surface area (TPSA) is 80.9 Å². The average molecular weight is 374 g/mol. The number of benzene rings is 1. The number of carbonyl (C=O) groups is 1. The van der Waals surface area contributed by atoms with E-state index in [1.54, 1.807) is 32.4 Å². The van der Waals surface area contributed by atoms with Gasteiger partial charge in [0.05, 0.1) is 26.3 Å². The van der Waals surface area contributed by atoms with Crippen molar-refractivity contribution in [3.05, 3.63) is 35.5 Å². The number of hydrogen-bond donors (Lipinski definition) is 0. The summed E-state index contributed by atoms with van der Waals surface area (Å²) in [6.07, 6.45) is 1.64. The van der Waals surface area contributed by atoms with E-state index in [0.717, 1.165) is 31.8 Å². The molecule has 0 atom stereocenters. The monoisotopic (exact) mass is 374 g/mol. The quantitative estimate of drug-likeness (QED) is 0.765. The van der Waals surface area contributed by atoms with Crippen LogP contribution in [-0.4, -0.2) is 66.2 Å². The number of carbonyl (C=O) groups excluding carboxylic acids is 1. The van der Waals surface area contributed by atoms with Gasteiger partial charge in [-0.15, -0.1) is 0 Å². The van der Waals surface area contributed by atoms with Crippen LogP contribution in [0, 0.1) is 0 Å². The van der Waals surface area contributed by atoms with Crippen LogP contribution in [0.15, 0.2) is 22.7 Å². The molecule has 2 aromatic rings. The Morgan fingerprint density at radius 3 is 2.74 bits per heavy atom. The van der Waals surface area contributed by atoms with Crippen LogP contribution in [0.1, 0.15) is 35.4 Å². The SMILES string of the molecule is CCc1noc(CN2CCCN(C(=O)c3cccc(OC)c3OC)CC2)n1. The Balaban J connectivity index is 1.66. The minimum absolute atomic E-state index is 0.0429. The minimum atomic E-state index is -0.0429. The van der Waals surface area contributed by atoms with E-state index in [1.807, 2.05) is 11.8 Å². The number of amides is 1. The molecule has 0 unspecified atom stereocenters. The third-order valence-electron chi connectivity index (χ3n) is 4.69. The zero-order valence-corrected chi connectivity index (χ0v) is 16.1. The Bertz CT molecular complexity index is 777. The molecule has 0 spiro atoms. The largest absolute Gasteiger partial charge is 0.493 e. The van der Waals surface area contributed by atoms with Crippen molar-refractivity contribution in [1.29, 1.82) is 0 Å². The fourth-order valence-corrected chi connectivity index (χ4v) is 3.25. The van der Waals surface area contributed by atoms with E-state index in [-0.39, 0.29) is 5.91 Å². The molecule has 1 saturated heterocycles. The van der Waals surface area contributed by atoms with E-state index >= 15 is 0 Å². The fraction of sp³-hybridized carbons (Fsp3) is 0.526. The molecule has 27 heavy (non-hydrogen) atoms. The Kier molecular flexibility index (Phi) is 6.28. The molecule has 1 aliphatic rings. The molecular weight excluding hydrogens is 348 g/mol. The second-order valence-electron chi connectivity index (χ2n) is 6.42. The molecule has 3 rings (SSSR count). The zero-order chi connectivity index (χ0) is 19.2. The lowest BCUT2D eigenvalue weighted by molar-refractivity contribution is 0.0756. The predicted octanol–water partition coefficient (Wildman–Crippen LogP) is 2.00. The highest BCUT2D eigenvalue weighted by atomic mass is 16.5. The van der Waals surface area contributed by atoms with Gasteiger partial charge in [-0.05, 0) is 18.6 Å². The van der Waals surface area contributed by atoms with Gasteiger partial charge in [0.2, 0.25) is 5.89 Å². The molecule has 1 aromatic carbocycles. The van der Waals surface area contributed by atoms with Gasteiger partial charge in [-0.25, -0.2) is 0 Å². The maximum Gasteiger partial charge on any atom is 0.257 e. The van der Waals surface area contributed by atoms with Crippen LogP contribution >= 0.6 is 0 Å². The number of para-hydroxylation sites is 1. The van der Waals surface area contributed by atoms with Gasteiger partial charge >= 0.3 is 0 Å². The molecule has 0 bridgehead atoms. The molecule has 146 valence electrons. The normalized spacial score (nSPS) is 15.4. The number of ether oxygens (including phenoxy) is 2. The van der Waals surface area contributed by atoms with Gasteiger partial charge < -0.3 is 18.9 Å². The van der Waals surface area contributed by atoms with Crippen molar-refractivity contribution in [2.75, 3.05) is 40.4 Å². The van der Waals surface area contributed by atoms with E-state index in [9.17, 15) is 4.79 Å². The molecule has 0 aliphatic carbocycles. The first-order valence-corrected chi connectivity index (χ1v) is 9.20. The lowest BCUT2D eigenvalue weighted by Gasteiger charge is -2.22. The maximum atomic E-state index is 13.0. The van der Waals surface area contributed by atoms with Crippen LogP contribution in [0.2, 0.25) is 0 Å². The van der Waals surface area contributed by atoms with Gasteiger partial charge in [0, 0.05) is 32.6 Å². The van der Waals surface area contributed by atoms with Crippen LogP contribution in [0.4, 0.5) is 0 Å². The standard InChI is InChI=1S/C19H26N4O4/c1-4-16-20-17(27-21-16)13-22-9-6-10-23(12-11-22)19(24)14-7-5-8-15(25-2)18(14)26-3/h5,7-8H,4,6,9-13H2,1-3H3. The highest BCUT2D eigenvalue weighted by Crippen LogP contribution is 2.31. The summed E-state index contributed by atoms with van der Waals surface area (Å²) in [5, 5.41) is 3.94. The maximum absolute atomic E-state index is 13.0. The number of aromatic nitrogens is 2. The van der Waals surface area contributed by atoms with Gasteiger partial charge in [0.15, 0.2) is 17.3 Å². The van der Waals surface area contributed by atoms with Crippen LogP contribution in [-0.2, 0) is 13.0 Å². The molecule has 0 N–H and O–H groups in total. The first-order chi connectivity index (χ1) is 13.2. The van der Waals surface area contributed by atoms with Gasteiger partial charge in [-0.1, -0.05) is 18.1 Å². The number of aryl methyl sites for hydroxylation is 1. The second-order valence-corrected chi connectivity index (χ2v) is 6.42. The van der Waals surface area contributed by atoms with Crippen molar-refractivity contribution in [3.8, 4) is 11.5 Å². The van der Waals surface area contributed by atoms with E-state index in [1.165, 1.54) is 0 Å². The highest BCUT2D eigenvalue weighted by Gasteiger charge is 2.25. The fourth-order valence-electron chi connectivity index (χ4n) is 3.25. The summed E-state index contributed by atoms with van der Waals surface area (Å²) in [7, 11) is 3.12. The summed E-state index contributed by atoms with van der Waals surface area (Å²) in [4.78, 5) is 21.5. The first-order valence-electron chi connectivity index (χ1n) is 9.20.